The minimum absolute atomic E-state index is 0.0753. The molecule has 2 N–H and O–H groups in total. The number of fused-ring (bicyclic) bond motifs is 1. The number of hydrogen-bond acceptors (Lipinski definition) is 4. The van der Waals surface area contributed by atoms with Gasteiger partial charge in [0.2, 0.25) is 6.79 Å². The van der Waals surface area contributed by atoms with Gasteiger partial charge in [0.1, 0.15) is 0 Å². The first-order chi connectivity index (χ1) is 12.8. The van der Waals surface area contributed by atoms with Gasteiger partial charge in [0, 0.05) is 11.6 Å². The maximum Gasteiger partial charge on any atom is 0.416 e. The Morgan fingerprint density at radius 1 is 0.963 bits per heavy atom. The van der Waals surface area contributed by atoms with E-state index in [0.717, 1.165) is 18.2 Å². The number of nitrogens with one attached hydrogen (secondary N) is 2. The number of rotatable bonds is 3. The lowest BCUT2D eigenvalue weighted by Gasteiger charge is -2.06. The van der Waals surface area contributed by atoms with E-state index in [1.165, 1.54) is 30.3 Å². The Morgan fingerprint density at radius 2 is 1.67 bits per heavy atom. The number of carbonyl (C=O) groups excluding carboxylic acids is 2. The highest BCUT2D eigenvalue weighted by molar-refractivity contribution is 5.98. The molecular formula is C18H13F3N2O4. The average Bonchev–Trinajstić information content (AvgIpc) is 3.11. The molecule has 0 aliphatic carbocycles. The molecule has 1 aliphatic rings. The van der Waals surface area contributed by atoms with E-state index in [0.29, 0.717) is 17.1 Å². The molecule has 27 heavy (non-hydrogen) atoms. The topological polar surface area (TPSA) is 76.7 Å². The van der Waals surface area contributed by atoms with Crippen molar-refractivity contribution in [3.05, 3.63) is 65.2 Å². The van der Waals surface area contributed by atoms with Crippen molar-refractivity contribution in [2.75, 3.05) is 6.79 Å². The van der Waals surface area contributed by atoms with Crippen LogP contribution >= 0.6 is 0 Å². The van der Waals surface area contributed by atoms with Gasteiger partial charge in [-0.2, -0.15) is 13.2 Å². The number of ether oxygens (including phenoxy) is 2. The number of benzene rings is 2. The van der Waals surface area contributed by atoms with Crippen LogP contribution in [0.5, 0.6) is 11.5 Å². The second-order valence-corrected chi connectivity index (χ2v) is 5.46. The summed E-state index contributed by atoms with van der Waals surface area (Å²) in [5.74, 6) is -0.264. The summed E-state index contributed by atoms with van der Waals surface area (Å²) in [5.41, 5.74) is 4.28. The Bertz CT molecular complexity index is 892. The van der Waals surface area contributed by atoms with E-state index in [1.54, 1.807) is 6.07 Å². The Hall–Kier alpha value is -3.49. The highest BCUT2D eigenvalue weighted by Gasteiger charge is 2.29. The maximum absolute atomic E-state index is 12.5. The van der Waals surface area contributed by atoms with Gasteiger partial charge in [-0.1, -0.05) is 12.1 Å². The molecule has 0 saturated heterocycles. The molecule has 0 fully saturated rings. The van der Waals surface area contributed by atoms with Crippen LogP contribution in [-0.4, -0.2) is 18.6 Å². The Kier molecular flexibility index (Phi) is 5.02. The first-order valence-electron chi connectivity index (χ1n) is 7.68. The fraction of sp³-hybridized carbons (Fsp3) is 0.111. The summed E-state index contributed by atoms with van der Waals surface area (Å²) < 4.78 is 47.8. The lowest BCUT2D eigenvalue weighted by Crippen LogP contribution is -2.40. The van der Waals surface area contributed by atoms with Crippen LogP contribution in [0.1, 0.15) is 21.5 Å². The first-order valence-corrected chi connectivity index (χ1v) is 7.68. The molecular weight excluding hydrogens is 365 g/mol. The van der Waals surface area contributed by atoms with Crippen LogP contribution in [0, 0.1) is 0 Å². The van der Waals surface area contributed by atoms with E-state index >= 15 is 0 Å². The molecule has 2 aromatic rings. The molecule has 2 amide bonds. The van der Waals surface area contributed by atoms with Gasteiger partial charge in [-0.05, 0) is 42.0 Å². The summed E-state index contributed by atoms with van der Waals surface area (Å²) in [6.45, 7) is 0.0753. The van der Waals surface area contributed by atoms with Crippen LogP contribution in [0.2, 0.25) is 0 Å². The van der Waals surface area contributed by atoms with Gasteiger partial charge < -0.3 is 9.47 Å². The van der Waals surface area contributed by atoms with E-state index in [4.69, 9.17) is 9.47 Å². The standard InChI is InChI=1S/C18H13F3N2O4/c19-18(20,21)13-5-1-11(2-6-13)3-8-16(24)22-23-17(25)12-4-7-14-15(9-12)27-10-26-14/h1-9H,10H2,(H,22,24)(H,23,25)/b8-3+. The molecule has 6 nitrogen and oxygen atoms in total. The molecule has 0 saturated carbocycles. The molecule has 0 unspecified atom stereocenters. The molecule has 140 valence electrons. The number of halogens is 3. The highest BCUT2D eigenvalue weighted by atomic mass is 19.4. The van der Waals surface area contributed by atoms with Crippen LogP contribution < -0.4 is 20.3 Å². The third kappa shape index (κ3) is 4.57. The zero-order valence-corrected chi connectivity index (χ0v) is 13.7. The molecule has 1 aliphatic heterocycles. The normalized spacial score (nSPS) is 12.9. The fourth-order valence-corrected chi connectivity index (χ4v) is 2.23. The zero-order chi connectivity index (χ0) is 19.4. The smallest absolute Gasteiger partial charge is 0.416 e. The van der Waals surface area contributed by atoms with Crippen molar-refractivity contribution < 1.29 is 32.2 Å². The predicted octanol–water partition coefficient (Wildman–Crippen LogP) is 2.91. The van der Waals surface area contributed by atoms with Crippen LogP contribution in [0.15, 0.2) is 48.5 Å². The van der Waals surface area contributed by atoms with E-state index in [2.05, 4.69) is 10.9 Å². The molecule has 2 aromatic carbocycles. The van der Waals surface area contributed by atoms with Crippen LogP contribution in [0.25, 0.3) is 6.08 Å². The van der Waals surface area contributed by atoms with Gasteiger partial charge in [-0.3, -0.25) is 20.4 Å². The monoisotopic (exact) mass is 378 g/mol. The average molecular weight is 378 g/mol. The Balaban J connectivity index is 1.53. The Morgan fingerprint density at radius 3 is 2.37 bits per heavy atom. The second-order valence-electron chi connectivity index (χ2n) is 5.46. The molecule has 0 bridgehead atoms. The van der Waals surface area contributed by atoms with E-state index in [1.807, 2.05) is 0 Å². The lowest BCUT2D eigenvalue weighted by molar-refractivity contribution is -0.137. The maximum atomic E-state index is 12.5. The molecule has 3 rings (SSSR count). The molecule has 0 radical (unpaired) electrons. The summed E-state index contributed by atoms with van der Waals surface area (Å²) >= 11 is 0. The van der Waals surface area contributed by atoms with Gasteiger partial charge in [-0.25, -0.2) is 0 Å². The largest absolute Gasteiger partial charge is 0.454 e. The number of carbonyl (C=O) groups is 2. The number of hydrogen-bond donors (Lipinski definition) is 2. The van der Waals surface area contributed by atoms with Crippen LogP contribution in [0.3, 0.4) is 0 Å². The SMILES string of the molecule is O=C(/C=C/c1ccc(C(F)(F)F)cc1)NNC(=O)c1ccc2c(c1)OCO2. The van der Waals surface area contributed by atoms with Gasteiger partial charge in [0.25, 0.3) is 11.8 Å². The molecule has 0 atom stereocenters. The van der Waals surface area contributed by atoms with Crippen molar-refractivity contribution in [3.63, 3.8) is 0 Å². The first kappa shape index (κ1) is 18.3. The molecule has 0 spiro atoms. The molecule has 0 aromatic heterocycles. The summed E-state index contributed by atoms with van der Waals surface area (Å²) in [6.07, 6.45) is -2.01. The van der Waals surface area contributed by atoms with Crippen molar-refractivity contribution in [2.24, 2.45) is 0 Å². The quantitative estimate of drug-likeness (QED) is 0.636. The lowest BCUT2D eigenvalue weighted by atomic mass is 10.1. The van der Waals surface area contributed by atoms with E-state index in [9.17, 15) is 22.8 Å². The van der Waals surface area contributed by atoms with Gasteiger partial charge in [0.05, 0.1) is 5.56 Å². The number of alkyl halides is 3. The zero-order valence-electron chi connectivity index (χ0n) is 13.7. The predicted molar refractivity (Wildman–Crippen MR) is 88.7 cm³/mol. The van der Waals surface area contributed by atoms with Crippen molar-refractivity contribution in [1.29, 1.82) is 0 Å². The van der Waals surface area contributed by atoms with Crippen molar-refractivity contribution in [1.82, 2.24) is 10.9 Å². The minimum atomic E-state index is -4.42. The van der Waals surface area contributed by atoms with Crippen molar-refractivity contribution in [2.45, 2.75) is 6.18 Å². The van der Waals surface area contributed by atoms with Crippen LogP contribution in [0.4, 0.5) is 13.2 Å². The van der Waals surface area contributed by atoms with Gasteiger partial charge >= 0.3 is 6.18 Å². The summed E-state index contributed by atoms with van der Waals surface area (Å²) in [6, 6.07) is 8.85. The highest BCUT2D eigenvalue weighted by Crippen LogP contribution is 2.32. The summed E-state index contributed by atoms with van der Waals surface area (Å²) in [4.78, 5) is 23.7. The van der Waals surface area contributed by atoms with Gasteiger partial charge in [-0.15, -0.1) is 0 Å². The summed E-state index contributed by atoms with van der Waals surface area (Å²) in [7, 11) is 0. The summed E-state index contributed by atoms with van der Waals surface area (Å²) in [5, 5.41) is 0. The fourth-order valence-electron chi connectivity index (χ4n) is 2.23. The molecule has 1 heterocycles. The van der Waals surface area contributed by atoms with Crippen molar-refractivity contribution in [3.8, 4) is 11.5 Å². The minimum Gasteiger partial charge on any atom is -0.454 e. The van der Waals surface area contributed by atoms with E-state index < -0.39 is 23.6 Å². The second kappa shape index (κ2) is 7.40. The number of amides is 2. The Labute approximate surface area is 151 Å². The number of hydrazine groups is 1. The van der Waals surface area contributed by atoms with Gasteiger partial charge in [0.15, 0.2) is 11.5 Å². The van der Waals surface area contributed by atoms with E-state index in [-0.39, 0.29) is 12.4 Å². The third-order valence-corrected chi connectivity index (χ3v) is 3.60. The van der Waals surface area contributed by atoms with Crippen LogP contribution in [-0.2, 0) is 11.0 Å². The third-order valence-electron chi connectivity index (χ3n) is 3.60. The van der Waals surface area contributed by atoms with Crippen molar-refractivity contribution >= 4 is 17.9 Å². The molecule has 9 heteroatoms.